The number of nitrogens with one attached hydrogen (secondary N) is 1. The topological polar surface area (TPSA) is 78.4 Å². The third kappa shape index (κ3) is 5.48. The molecule has 0 saturated carbocycles. The maximum absolute atomic E-state index is 12.6. The number of benzene rings is 1. The van der Waals surface area contributed by atoms with Crippen molar-refractivity contribution in [2.75, 3.05) is 26.0 Å². The van der Waals surface area contributed by atoms with Crippen LogP contribution in [-0.2, 0) is 22.6 Å². The van der Waals surface area contributed by atoms with Gasteiger partial charge in [0.05, 0.1) is 18.3 Å². The molecule has 0 aliphatic carbocycles. The van der Waals surface area contributed by atoms with Gasteiger partial charge in [-0.25, -0.2) is 9.97 Å². The van der Waals surface area contributed by atoms with Crippen LogP contribution in [0.4, 0.5) is 5.82 Å². The van der Waals surface area contributed by atoms with E-state index >= 15 is 0 Å². The summed E-state index contributed by atoms with van der Waals surface area (Å²) in [7, 11) is 3.58. The summed E-state index contributed by atoms with van der Waals surface area (Å²) in [5.41, 5.74) is 1.83. The molecule has 30 heavy (non-hydrogen) atoms. The Morgan fingerprint density at radius 3 is 2.67 bits per heavy atom. The van der Waals surface area contributed by atoms with Gasteiger partial charge in [0.2, 0.25) is 11.8 Å². The smallest absolute Gasteiger partial charge is 0.222 e. The highest BCUT2D eigenvalue weighted by Crippen LogP contribution is 2.30. The fourth-order valence-corrected chi connectivity index (χ4v) is 3.84. The maximum atomic E-state index is 12.6. The van der Waals surface area contributed by atoms with Crippen LogP contribution in [0.5, 0.6) is 0 Å². The van der Waals surface area contributed by atoms with Crippen molar-refractivity contribution in [3.63, 3.8) is 0 Å². The van der Waals surface area contributed by atoms with Crippen LogP contribution >= 0.6 is 11.6 Å². The Labute approximate surface area is 182 Å². The number of aryl methyl sites for hydroxylation is 1. The number of hydrogen-bond acceptors (Lipinski definition) is 5. The highest BCUT2D eigenvalue weighted by Gasteiger charge is 2.30. The van der Waals surface area contributed by atoms with E-state index in [2.05, 4.69) is 10.3 Å². The lowest BCUT2D eigenvalue weighted by atomic mass is 10.1. The first kappa shape index (κ1) is 22.0. The van der Waals surface area contributed by atoms with Crippen LogP contribution in [-0.4, -0.2) is 52.2 Å². The van der Waals surface area contributed by atoms with Crippen LogP contribution in [0.25, 0.3) is 0 Å². The van der Waals surface area contributed by atoms with Gasteiger partial charge in [-0.2, -0.15) is 0 Å². The number of nitrogens with zero attached hydrogens (tertiary/aromatic N) is 4. The van der Waals surface area contributed by atoms with Crippen molar-refractivity contribution < 1.29 is 9.59 Å². The lowest BCUT2D eigenvalue weighted by Gasteiger charge is -2.23. The zero-order chi connectivity index (χ0) is 21.7. The Balaban J connectivity index is 1.68. The summed E-state index contributed by atoms with van der Waals surface area (Å²) in [5, 5.41) is 3.75. The molecule has 1 aliphatic rings. The molecule has 1 saturated heterocycles. The SMILES string of the molecule is CNc1cc(CN(C)C(=O)CCc2ccc(Cl)cc2)nc([C@H]2CCCN2C(C)=O)n1. The van der Waals surface area contributed by atoms with E-state index in [-0.39, 0.29) is 17.9 Å². The molecule has 1 aliphatic heterocycles. The summed E-state index contributed by atoms with van der Waals surface area (Å²) in [6.45, 7) is 2.69. The first-order valence-electron chi connectivity index (χ1n) is 10.2. The summed E-state index contributed by atoms with van der Waals surface area (Å²) in [5.74, 6) is 1.40. The van der Waals surface area contributed by atoms with Gasteiger partial charge in [0.1, 0.15) is 5.82 Å². The standard InChI is InChI=1S/C22H28ClN5O2/c1-15(29)28-12-4-5-19(28)22-25-18(13-20(24-2)26-22)14-27(3)21(30)11-8-16-6-9-17(23)10-7-16/h6-7,9-10,13,19H,4-5,8,11-12,14H2,1-3H3,(H,24,25,26)/t19-/m1/s1. The normalized spacial score (nSPS) is 15.9. The van der Waals surface area contributed by atoms with E-state index in [4.69, 9.17) is 16.6 Å². The number of carbonyl (C=O) groups excluding carboxylic acids is 2. The molecule has 3 rings (SSSR count). The number of amides is 2. The second kappa shape index (κ2) is 9.89. The predicted molar refractivity (Wildman–Crippen MR) is 117 cm³/mol. The Hall–Kier alpha value is -2.67. The van der Waals surface area contributed by atoms with E-state index in [1.165, 1.54) is 0 Å². The summed E-state index contributed by atoms with van der Waals surface area (Å²) in [6.07, 6.45) is 2.86. The van der Waals surface area contributed by atoms with E-state index in [1.807, 2.05) is 35.2 Å². The first-order valence-corrected chi connectivity index (χ1v) is 10.6. The maximum Gasteiger partial charge on any atom is 0.222 e. The zero-order valence-electron chi connectivity index (χ0n) is 17.7. The van der Waals surface area contributed by atoms with E-state index < -0.39 is 0 Å². The first-order chi connectivity index (χ1) is 14.4. The van der Waals surface area contributed by atoms with Crippen molar-refractivity contribution >= 4 is 29.2 Å². The summed E-state index contributed by atoms with van der Waals surface area (Å²) >= 11 is 5.91. The van der Waals surface area contributed by atoms with Crippen molar-refractivity contribution in [3.8, 4) is 0 Å². The monoisotopic (exact) mass is 429 g/mol. The zero-order valence-corrected chi connectivity index (χ0v) is 18.4. The minimum Gasteiger partial charge on any atom is -0.373 e. The minimum absolute atomic E-state index is 0.0343. The lowest BCUT2D eigenvalue weighted by Crippen LogP contribution is -2.30. The Morgan fingerprint density at radius 2 is 2.00 bits per heavy atom. The molecule has 0 spiro atoms. The number of halogens is 1. The molecule has 0 radical (unpaired) electrons. The molecule has 1 atom stereocenters. The van der Waals surface area contributed by atoms with E-state index in [1.54, 1.807) is 25.9 Å². The fraction of sp³-hybridized carbons (Fsp3) is 0.455. The predicted octanol–water partition coefficient (Wildman–Crippen LogP) is 3.45. The van der Waals surface area contributed by atoms with E-state index in [0.29, 0.717) is 36.1 Å². The van der Waals surface area contributed by atoms with Gasteiger partial charge in [-0.3, -0.25) is 9.59 Å². The van der Waals surface area contributed by atoms with Crippen LogP contribution in [0.2, 0.25) is 5.02 Å². The van der Waals surface area contributed by atoms with Crippen molar-refractivity contribution in [1.82, 2.24) is 19.8 Å². The third-order valence-electron chi connectivity index (χ3n) is 5.37. The molecule has 1 fully saturated rings. The summed E-state index contributed by atoms with van der Waals surface area (Å²) < 4.78 is 0. The minimum atomic E-state index is -0.111. The van der Waals surface area contributed by atoms with Crippen LogP contribution in [0.1, 0.15) is 49.3 Å². The second-order valence-electron chi connectivity index (χ2n) is 7.60. The molecule has 2 amide bonds. The second-order valence-corrected chi connectivity index (χ2v) is 8.04. The molecule has 160 valence electrons. The van der Waals surface area contributed by atoms with E-state index in [0.717, 1.165) is 30.6 Å². The molecule has 8 heteroatoms. The number of aromatic nitrogens is 2. The highest BCUT2D eigenvalue weighted by molar-refractivity contribution is 6.30. The van der Waals surface area contributed by atoms with Gasteiger partial charge in [-0.1, -0.05) is 23.7 Å². The number of carbonyl (C=O) groups is 2. The number of anilines is 1. The Kier molecular flexibility index (Phi) is 7.26. The molecule has 2 aromatic rings. The quantitative estimate of drug-likeness (QED) is 0.729. The number of rotatable bonds is 7. The fourth-order valence-electron chi connectivity index (χ4n) is 3.71. The lowest BCUT2D eigenvalue weighted by molar-refractivity contribution is -0.130. The van der Waals surface area contributed by atoms with Crippen molar-refractivity contribution in [3.05, 3.63) is 52.4 Å². The van der Waals surface area contributed by atoms with Crippen LogP contribution in [0.15, 0.2) is 30.3 Å². The van der Waals surface area contributed by atoms with Crippen LogP contribution in [0, 0.1) is 0 Å². The van der Waals surface area contributed by atoms with Crippen molar-refractivity contribution in [1.29, 1.82) is 0 Å². The van der Waals surface area contributed by atoms with Crippen molar-refractivity contribution in [2.24, 2.45) is 0 Å². The van der Waals surface area contributed by atoms with Crippen LogP contribution in [0.3, 0.4) is 0 Å². The molecule has 1 N–H and O–H groups in total. The Bertz CT molecular complexity index is 903. The van der Waals surface area contributed by atoms with Gasteiger partial charge >= 0.3 is 0 Å². The molecular formula is C22H28ClN5O2. The highest BCUT2D eigenvalue weighted by atomic mass is 35.5. The largest absolute Gasteiger partial charge is 0.373 e. The van der Waals surface area contributed by atoms with Gasteiger partial charge in [0.25, 0.3) is 0 Å². The average molecular weight is 430 g/mol. The summed E-state index contributed by atoms with van der Waals surface area (Å²) in [6, 6.07) is 9.28. The Morgan fingerprint density at radius 1 is 1.27 bits per heavy atom. The van der Waals surface area contributed by atoms with Crippen molar-refractivity contribution in [2.45, 2.75) is 45.2 Å². The van der Waals surface area contributed by atoms with Gasteiger partial charge in [-0.05, 0) is 37.0 Å². The van der Waals surface area contributed by atoms with Gasteiger partial charge in [0, 0.05) is 45.1 Å². The van der Waals surface area contributed by atoms with Gasteiger partial charge in [-0.15, -0.1) is 0 Å². The van der Waals surface area contributed by atoms with E-state index in [9.17, 15) is 9.59 Å². The molecule has 0 bridgehead atoms. The summed E-state index contributed by atoms with van der Waals surface area (Å²) in [4.78, 5) is 37.3. The van der Waals surface area contributed by atoms with Crippen LogP contribution < -0.4 is 5.32 Å². The third-order valence-corrected chi connectivity index (χ3v) is 5.63. The molecule has 2 heterocycles. The number of hydrogen-bond donors (Lipinski definition) is 1. The molecule has 1 aromatic carbocycles. The average Bonchev–Trinajstić information content (AvgIpc) is 3.23. The molecule has 7 nitrogen and oxygen atoms in total. The van der Waals surface area contributed by atoms with Gasteiger partial charge in [0.15, 0.2) is 5.82 Å². The number of likely N-dealkylation sites (tertiary alicyclic amines) is 1. The van der Waals surface area contributed by atoms with Gasteiger partial charge < -0.3 is 15.1 Å². The molecule has 1 aromatic heterocycles. The molecule has 0 unspecified atom stereocenters. The molecular weight excluding hydrogens is 402 g/mol.